The van der Waals surface area contributed by atoms with E-state index in [0.717, 1.165) is 51.8 Å². The van der Waals surface area contributed by atoms with Crippen molar-refractivity contribution in [3.63, 3.8) is 0 Å². The molecule has 37 heavy (non-hydrogen) atoms. The van der Waals surface area contributed by atoms with Crippen molar-refractivity contribution in [2.75, 3.05) is 26.9 Å². The highest BCUT2D eigenvalue weighted by molar-refractivity contribution is 5.95. The number of rotatable bonds is 4. The van der Waals surface area contributed by atoms with Crippen molar-refractivity contribution in [1.82, 2.24) is 28.8 Å². The number of benzene rings is 1. The third kappa shape index (κ3) is 3.76. The number of imidazole rings is 1. The summed E-state index contributed by atoms with van der Waals surface area (Å²) < 4.78 is 17.5. The molecule has 2 aliphatic heterocycles. The van der Waals surface area contributed by atoms with Crippen LogP contribution in [0, 0.1) is 0 Å². The molecule has 0 radical (unpaired) electrons. The van der Waals surface area contributed by atoms with E-state index < -0.39 is 5.54 Å². The summed E-state index contributed by atoms with van der Waals surface area (Å²) in [6, 6.07) is 8.31. The lowest BCUT2D eigenvalue weighted by molar-refractivity contribution is -0.0373. The van der Waals surface area contributed by atoms with E-state index in [9.17, 15) is 4.79 Å². The molecule has 1 saturated heterocycles. The van der Waals surface area contributed by atoms with Gasteiger partial charge in [0, 0.05) is 44.2 Å². The van der Waals surface area contributed by atoms with Gasteiger partial charge in [0.1, 0.15) is 5.75 Å². The van der Waals surface area contributed by atoms with Gasteiger partial charge in [-0.1, -0.05) is 0 Å². The zero-order valence-electron chi connectivity index (χ0n) is 22.0. The Labute approximate surface area is 216 Å². The van der Waals surface area contributed by atoms with Gasteiger partial charge in [0.15, 0.2) is 11.5 Å². The second-order valence-corrected chi connectivity index (χ2v) is 10.5. The van der Waals surface area contributed by atoms with Gasteiger partial charge in [0.2, 0.25) is 0 Å². The molecule has 3 aromatic heterocycles. The highest BCUT2D eigenvalue weighted by Gasteiger charge is 2.38. The van der Waals surface area contributed by atoms with E-state index in [1.54, 1.807) is 11.8 Å². The van der Waals surface area contributed by atoms with Gasteiger partial charge in [-0.3, -0.25) is 14.0 Å². The van der Waals surface area contributed by atoms with Crippen molar-refractivity contribution in [2.24, 2.45) is 14.1 Å². The zero-order chi connectivity index (χ0) is 25.9. The molecule has 0 N–H and O–H groups in total. The third-order valence-corrected chi connectivity index (χ3v) is 7.53. The second-order valence-electron chi connectivity index (χ2n) is 10.5. The zero-order valence-corrected chi connectivity index (χ0v) is 22.0. The molecule has 0 saturated carbocycles. The number of aromatic nitrogens is 5. The highest BCUT2D eigenvalue weighted by Crippen LogP contribution is 2.40. The van der Waals surface area contributed by atoms with Crippen LogP contribution in [-0.2, 0) is 31.7 Å². The molecule has 4 aromatic rings. The molecular weight excluding hydrogens is 468 g/mol. The number of hydrogen-bond acceptors (Lipinski definition) is 5. The smallest absolute Gasteiger partial charge is 0.274 e. The van der Waals surface area contributed by atoms with Crippen LogP contribution in [0.4, 0.5) is 0 Å². The Kier molecular flexibility index (Phi) is 5.49. The second kappa shape index (κ2) is 8.62. The van der Waals surface area contributed by atoms with Crippen LogP contribution in [0.5, 0.6) is 5.75 Å². The summed E-state index contributed by atoms with van der Waals surface area (Å²) in [7, 11) is 5.60. The molecule has 9 nitrogen and oxygen atoms in total. The minimum atomic E-state index is -0.398. The van der Waals surface area contributed by atoms with Crippen LogP contribution in [0.15, 0.2) is 42.9 Å². The van der Waals surface area contributed by atoms with Crippen molar-refractivity contribution in [1.29, 1.82) is 0 Å². The predicted octanol–water partition coefficient (Wildman–Crippen LogP) is 3.64. The molecule has 0 spiro atoms. The maximum Gasteiger partial charge on any atom is 0.274 e. The quantitative estimate of drug-likeness (QED) is 0.428. The minimum absolute atomic E-state index is 0.0399. The number of fused-ring (bicyclic) bond motifs is 3. The first-order valence-corrected chi connectivity index (χ1v) is 12.6. The summed E-state index contributed by atoms with van der Waals surface area (Å²) in [4.78, 5) is 21.0. The minimum Gasteiger partial charge on any atom is -0.496 e. The number of aryl methyl sites for hydroxylation is 3. The predicted molar refractivity (Wildman–Crippen MR) is 140 cm³/mol. The van der Waals surface area contributed by atoms with Crippen molar-refractivity contribution in [2.45, 2.75) is 32.2 Å². The van der Waals surface area contributed by atoms with E-state index in [0.29, 0.717) is 31.9 Å². The summed E-state index contributed by atoms with van der Waals surface area (Å²) in [5, 5.41) is 4.37. The Hall–Kier alpha value is -3.85. The van der Waals surface area contributed by atoms with Gasteiger partial charge in [0.25, 0.3) is 5.91 Å². The molecule has 1 amide bonds. The van der Waals surface area contributed by atoms with Gasteiger partial charge in [-0.05, 0) is 56.5 Å². The molecule has 9 heteroatoms. The number of ether oxygens (including phenoxy) is 2. The molecule has 192 valence electrons. The van der Waals surface area contributed by atoms with E-state index in [1.165, 1.54) is 0 Å². The summed E-state index contributed by atoms with van der Waals surface area (Å²) in [6.45, 7) is 5.69. The maximum absolute atomic E-state index is 14.0. The maximum atomic E-state index is 14.0. The van der Waals surface area contributed by atoms with Gasteiger partial charge in [-0.2, -0.15) is 5.10 Å². The van der Waals surface area contributed by atoms with Gasteiger partial charge in [-0.25, -0.2) is 4.98 Å². The molecule has 6 rings (SSSR count). The van der Waals surface area contributed by atoms with Gasteiger partial charge in [0.05, 0.1) is 49.1 Å². The fourth-order valence-corrected chi connectivity index (χ4v) is 5.57. The van der Waals surface area contributed by atoms with E-state index in [-0.39, 0.29) is 5.91 Å². The van der Waals surface area contributed by atoms with Gasteiger partial charge >= 0.3 is 0 Å². The SMILES string of the molecule is COc1cc2c(cc1-c1cnn(C)c1)-n1c(-c3cccn3C)nc(C(=O)N3CCOCC3(C)C)c1CC2. The lowest BCUT2D eigenvalue weighted by Crippen LogP contribution is -2.55. The average Bonchev–Trinajstić information content (AvgIpc) is 3.60. The number of morpholine rings is 1. The summed E-state index contributed by atoms with van der Waals surface area (Å²) in [5.74, 6) is 1.53. The molecule has 5 heterocycles. The number of methoxy groups -OCH3 is 1. The Bertz CT molecular complexity index is 1510. The summed E-state index contributed by atoms with van der Waals surface area (Å²) in [6.07, 6.45) is 7.34. The van der Waals surface area contributed by atoms with Crippen LogP contribution in [0.1, 0.15) is 35.6 Å². The van der Waals surface area contributed by atoms with Crippen molar-refractivity contribution >= 4 is 5.91 Å². The standard InChI is InChI=1S/C28H32N6O3/c1-28(2)17-37-12-11-33(28)27(35)25-21-9-8-18-13-24(36-5)20(19-15-29-32(4)16-19)14-23(18)34(21)26(30-25)22-7-6-10-31(22)3/h6-7,10,13-16H,8-9,11-12,17H2,1-5H3. The molecule has 0 atom stereocenters. The van der Waals surface area contributed by atoms with Gasteiger partial charge in [-0.15, -0.1) is 0 Å². The number of amides is 1. The first-order chi connectivity index (χ1) is 17.8. The fourth-order valence-electron chi connectivity index (χ4n) is 5.57. The number of hydrogen-bond donors (Lipinski definition) is 0. The number of carbonyl (C=O) groups is 1. The van der Waals surface area contributed by atoms with Crippen molar-refractivity contribution in [3.8, 4) is 34.1 Å². The van der Waals surface area contributed by atoms with Crippen LogP contribution in [-0.4, -0.2) is 67.1 Å². The van der Waals surface area contributed by atoms with E-state index in [1.807, 2.05) is 68.1 Å². The molecule has 1 fully saturated rings. The van der Waals surface area contributed by atoms with Gasteiger partial charge < -0.3 is 18.9 Å². The fraction of sp³-hybridized carbons (Fsp3) is 0.393. The first-order valence-electron chi connectivity index (χ1n) is 12.6. The van der Waals surface area contributed by atoms with E-state index in [2.05, 4.69) is 21.8 Å². The van der Waals surface area contributed by atoms with Crippen LogP contribution < -0.4 is 4.74 Å². The largest absolute Gasteiger partial charge is 0.496 e. The molecular formula is C28H32N6O3. The normalized spacial score (nSPS) is 16.4. The monoisotopic (exact) mass is 500 g/mol. The van der Waals surface area contributed by atoms with Crippen LogP contribution in [0.25, 0.3) is 28.3 Å². The molecule has 0 bridgehead atoms. The Morgan fingerprint density at radius 2 is 2.03 bits per heavy atom. The Morgan fingerprint density at radius 3 is 2.70 bits per heavy atom. The summed E-state index contributed by atoms with van der Waals surface area (Å²) in [5.41, 5.74) is 6.13. The van der Waals surface area contributed by atoms with E-state index >= 15 is 0 Å². The molecule has 0 aliphatic carbocycles. The van der Waals surface area contributed by atoms with Crippen LogP contribution >= 0.6 is 0 Å². The summed E-state index contributed by atoms with van der Waals surface area (Å²) >= 11 is 0. The molecule has 0 unspecified atom stereocenters. The Balaban J connectivity index is 1.57. The van der Waals surface area contributed by atoms with Crippen LogP contribution in [0.2, 0.25) is 0 Å². The molecule has 2 aliphatic rings. The number of nitrogens with zero attached hydrogens (tertiary/aromatic N) is 6. The van der Waals surface area contributed by atoms with Crippen molar-refractivity contribution < 1.29 is 14.3 Å². The number of carbonyl (C=O) groups excluding carboxylic acids is 1. The first kappa shape index (κ1) is 23.5. The highest BCUT2D eigenvalue weighted by atomic mass is 16.5. The third-order valence-electron chi connectivity index (χ3n) is 7.53. The lowest BCUT2D eigenvalue weighted by Gasteiger charge is -2.41. The average molecular weight is 501 g/mol. The van der Waals surface area contributed by atoms with Crippen molar-refractivity contribution in [3.05, 3.63) is 59.8 Å². The molecule has 1 aromatic carbocycles. The lowest BCUT2D eigenvalue weighted by atomic mass is 9.95. The Morgan fingerprint density at radius 1 is 1.19 bits per heavy atom. The van der Waals surface area contributed by atoms with Crippen LogP contribution in [0.3, 0.4) is 0 Å². The van der Waals surface area contributed by atoms with E-state index in [4.69, 9.17) is 14.5 Å². The topological polar surface area (TPSA) is 79.3 Å².